The van der Waals surface area contributed by atoms with Gasteiger partial charge < -0.3 is 5.32 Å². The zero-order chi connectivity index (χ0) is 18.9. The zero-order valence-electron chi connectivity index (χ0n) is 15.4. The first-order valence-electron chi connectivity index (χ1n) is 8.80. The first-order chi connectivity index (χ1) is 12.5. The van der Waals surface area contributed by atoms with E-state index in [1.165, 1.54) is 0 Å². The molecule has 0 aliphatic carbocycles. The van der Waals surface area contributed by atoms with Crippen LogP contribution in [0, 0.1) is 5.92 Å². The lowest BCUT2D eigenvalue weighted by Gasteiger charge is -2.13. The van der Waals surface area contributed by atoms with Crippen molar-refractivity contribution in [3.05, 3.63) is 52.2 Å². The fourth-order valence-electron chi connectivity index (χ4n) is 2.52. The van der Waals surface area contributed by atoms with Gasteiger partial charge >= 0.3 is 0 Å². The van der Waals surface area contributed by atoms with Crippen LogP contribution in [-0.2, 0) is 16.0 Å². The molecule has 0 unspecified atom stereocenters. The number of hydrogen-bond donors (Lipinski definition) is 2. The van der Waals surface area contributed by atoms with E-state index in [9.17, 15) is 9.59 Å². The van der Waals surface area contributed by atoms with Gasteiger partial charge in [0.25, 0.3) is 0 Å². The molecule has 138 valence electrons. The van der Waals surface area contributed by atoms with Gasteiger partial charge in [0, 0.05) is 16.5 Å². The summed E-state index contributed by atoms with van der Waals surface area (Å²) in [6, 6.07) is 11.3. The van der Waals surface area contributed by atoms with E-state index in [0.717, 1.165) is 29.0 Å². The fourth-order valence-corrected chi connectivity index (χ4v) is 3.22. The zero-order valence-corrected chi connectivity index (χ0v) is 16.2. The van der Waals surface area contributed by atoms with E-state index >= 15 is 0 Å². The predicted molar refractivity (Wildman–Crippen MR) is 108 cm³/mol. The van der Waals surface area contributed by atoms with Crippen LogP contribution in [0.25, 0.3) is 0 Å². The molecular formula is C20H25N3O2S. The molecule has 2 amide bonds. The molecule has 0 spiro atoms. The predicted octanol–water partition coefficient (Wildman–Crippen LogP) is 4.21. The minimum absolute atomic E-state index is 0.0385. The Morgan fingerprint density at radius 3 is 2.38 bits per heavy atom. The lowest BCUT2D eigenvalue weighted by Crippen LogP contribution is -2.21. The van der Waals surface area contributed by atoms with Crippen LogP contribution < -0.4 is 10.7 Å². The van der Waals surface area contributed by atoms with E-state index < -0.39 is 0 Å². The van der Waals surface area contributed by atoms with Gasteiger partial charge in [-0.2, -0.15) is 5.10 Å². The van der Waals surface area contributed by atoms with Gasteiger partial charge in [0.1, 0.15) is 0 Å². The molecule has 2 rings (SSSR count). The Morgan fingerprint density at radius 1 is 1.12 bits per heavy atom. The minimum Gasteiger partial charge on any atom is -0.326 e. The highest BCUT2D eigenvalue weighted by Gasteiger charge is 2.14. The number of hydrazone groups is 1. The molecule has 2 aromatic rings. The van der Waals surface area contributed by atoms with Gasteiger partial charge in [-0.25, -0.2) is 5.43 Å². The molecule has 0 radical (unpaired) electrons. The first-order valence-corrected chi connectivity index (χ1v) is 9.68. The molecule has 5 nitrogen and oxygen atoms in total. The Kier molecular flexibility index (Phi) is 7.53. The van der Waals surface area contributed by atoms with Crippen LogP contribution in [0.4, 0.5) is 5.69 Å². The number of amides is 2. The lowest BCUT2D eigenvalue weighted by molar-refractivity contribution is -0.121. The molecule has 0 saturated carbocycles. The van der Waals surface area contributed by atoms with Gasteiger partial charge in [0.2, 0.25) is 11.8 Å². The Hall–Kier alpha value is -2.47. The molecule has 26 heavy (non-hydrogen) atoms. The molecule has 6 heteroatoms. The third-order valence-electron chi connectivity index (χ3n) is 4.19. The lowest BCUT2D eigenvalue weighted by atomic mass is 10.0. The number of benzene rings is 1. The van der Waals surface area contributed by atoms with E-state index in [4.69, 9.17) is 0 Å². The van der Waals surface area contributed by atoms with E-state index in [1.807, 2.05) is 62.5 Å². The van der Waals surface area contributed by atoms with Crippen LogP contribution in [0.15, 0.2) is 46.9 Å². The standard InChI is InChI=1S/C20H25N3O2S/c1-4-15(5-2)20(25)21-17-10-8-16(9-11-17)14(3)22-23-19(24)13-18-7-6-12-26-18/h6-12,15H,4-5,13H2,1-3H3,(H,21,25)(H,23,24)/b22-14+. The summed E-state index contributed by atoms with van der Waals surface area (Å²) in [6.45, 7) is 5.87. The van der Waals surface area contributed by atoms with Crippen LogP contribution >= 0.6 is 11.3 Å². The van der Waals surface area contributed by atoms with Gasteiger partial charge in [-0.1, -0.05) is 32.0 Å². The van der Waals surface area contributed by atoms with Crippen LogP contribution in [0.3, 0.4) is 0 Å². The number of nitrogens with one attached hydrogen (secondary N) is 2. The number of carbonyl (C=O) groups excluding carboxylic acids is 2. The van der Waals surface area contributed by atoms with Crippen LogP contribution in [0.2, 0.25) is 0 Å². The second-order valence-corrected chi connectivity index (χ2v) is 7.10. The summed E-state index contributed by atoms with van der Waals surface area (Å²) in [4.78, 5) is 25.0. The smallest absolute Gasteiger partial charge is 0.245 e. The summed E-state index contributed by atoms with van der Waals surface area (Å²) in [5.74, 6) is -0.0497. The second-order valence-electron chi connectivity index (χ2n) is 6.07. The molecule has 0 aliphatic heterocycles. The summed E-state index contributed by atoms with van der Waals surface area (Å²) in [5, 5.41) is 9.04. The SMILES string of the molecule is CCC(CC)C(=O)Nc1ccc(/C(C)=N/NC(=O)Cc2cccs2)cc1. The third kappa shape index (κ3) is 5.81. The van der Waals surface area contributed by atoms with E-state index in [0.29, 0.717) is 12.1 Å². The van der Waals surface area contributed by atoms with Crippen molar-refractivity contribution in [2.45, 2.75) is 40.0 Å². The molecular weight excluding hydrogens is 346 g/mol. The highest BCUT2D eigenvalue weighted by molar-refractivity contribution is 7.10. The van der Waals surface area contributed by atoms with Crippen molar-refractivity contribution >= 4 is 34.6 Å². The van der Waals surface area contributed by atoms with Crippen molar-refractivity contribution in [1.82, 2.24) is 5.43 Å². The normalized spacial score (nSPS) is 11.5. The average Bonchev–Trinajstić information content (AvgIpc) is 3.14. The molecule has 0 saturated heterocycles. The Bertz CT molecular complexity index is 748. The Labute approximate surface area is 158 Å². The largest absolute Gasteiger partial charge is 0.326 e. The van der Waals surface area contributed by atoms with E-state index in [1.54, 1.807) is 11.3 Å². The molecule has 0 atom stereocenters. The molecule has 0 aliphatic rings. The Balaban J connectivity index is 1.92. The topological polar surface area (TPSA) is 70.6 Å². The van der Waals surface area contributed by atoms with Gasteiger partial charge in [-0.3, -0.25) is 9.59 Å². The van der Waals surface area contributed by atoms with Crippen LogP contribution in [0.1, 0.15) is 44.1 Å². The fraction of sp³-hybridized carbons (Fsp3) is 0.350. The summed E-state index contributed by atoms with van der Waals surface area (Å²) in [7, 11) is 0. The number of anilines is 1. The molecule has 1 aromatic heterocycles. The number of nitrogens with zero attached hydrogens (tertiary/aromatic N) is 1. The number of rotatable bonds is 8. The van der Waals surface area contributed by atoms with Gasteiger partial charge in [-0.05, 0) is 48.9 Å². The van der Waals surface area contributed by atoms with Crippen LogP contribution in [0.5, 0.6) is 0 Å². The summed E-state index contributed by atoms with van der Waals surface area (Å²) >= 11 is 1.55. The quantitative estimate of drug-likeness (QED) is 0.539. The summed E-state index contributed by atoms with van der Waals surface area (Å²) in [5.41, 5.74) is 4.95. The third-order valence-corrected chi connectivity index (χ3v) is 5.07. The van der Waals surface area contributed by atoms with Gasteiger partial charge in [0.15, 0.2) is 0 Å². The van der Waals surface area contributed by atoms with Crippen molar-refractivity contribution < 1.29 is 9.59 Å². The highest BCUT2D eigenvalue weighted by Crippen LogP contribution is 2.15. The maximum absolute atomic E-state index is 12.1. The molecule has 2 N–H and O–H groups in total. The highest BCUT2D eigenvalue weighted by atomic mass is 32.1. The summed E-state index contributed by atoms with van der Waals surface area (Å²) in [6.07, 6.45) is 1.99. The van der Waals surface area contributed by atoms with E-state index in [-0.39, 0.29) is 17.7 Å². The number of thiophene rings is 1. The first kappa shape index (κ1) is 19.8. The second kappa shape index (κ2) is 9.87. The molecule has 0 fully saturated rings. The molecule has 0 bridgehead atoms. The maximum atomic E-state index is 12.1. The number of hydrogen-bond acceptors (Lipinski definition) is 4. The van der Waals surface area contributed by atoms with Crippen molar-refractivity contribution in [2.24, 2.45) is 11.0 Å². The van der Waals surface area contributed by atoms with Crippen molar-refractivity contribution in [3.63, 3.8) is 0 Å². The maximum Gasteiger partial charge on any atom is 0.245 e. The number of carbonyl (C=O) groups is 2. The molecule has 1 heterocycles. The summed E-state index contributed by atoms with van der Waals surface area (Å²) < 4.78 is 0. The van der Waals surface area contributed by atoms with Gasteiger partial charge in [0.05, 0.1) is 12.1 Å². The monoisotopic (exact) mass is 371 g/mol. The van der Waals surface area contributed by atoms with Crippen molar-refractivity contribution in [3.8, 4) is 0 Å². The average molecular weight is 372 g/mol. The van der Waals surface area contributed by atoms with Gasteiger partial charge in [-0.15, -0.1) is 11.3 Å². The molecule has 1 aromatic carbocycles. The minimum atomic E-state index is -0.138. The van der Waals surface area contributed by atoms with Crippen LogP contribution in [-0.4, -0.2) is 17.5 Å². The Morgan fingerprint density at radius 2 is 1.81 bits per heavy atom. The van der Waals surface area contributed by atoms with E-state index in [2.05, 4.69) is 15.8 Å². The van der Waals surface area contributed by atoms with Crippen molar-refractivity contribution in [1.29, 1.82) is 0 Å². The van der Waals surface area contributed by atoms with Crippen molar-refractivity contribution in [2.75, 3.05) is 5.32 Å².